The van der Waals surface area contributed by atoms with E-state index in [-0.39, 0.29) is 5.97 Å². The lowest BCUT2D eigenvalue weighted by atomic mass is 10.00. The van der Waals surface area contributed by atoms with E-state index in [1.807, 2.05) is 6.92 Å². The molecule has 1 aliphatic rings. The second-order valence-electron chi connectivity index (χ2n) is 3.78. The highest BCUT2D eigenvalue weighted by atomic mass is 31.0. The number of methoxy groups -OCH3 is 1. The van der Waals surface area contributed by atoms with Crippen LogP contribution in [0.3, 0.4) is 0 Å². The van der Waals surface area contributed by atoms with Crippen molar-refractivity contribution in [3.05, 3.63) is 22.8 Å². The zero-order valence-corrected chi connectivity index (χ0v) is 11.1. The van der Waals surface area contributed by atoms with Crippen molar-refractivity contribution in [3.8, 4) is 11.5 Å². The van der Waals surface area contributed by atoms with E-state index in [2.05, 4.69) is 9.47 Å². The summed E-state index contributed by atoms with van der Waals surface area (Å²) >= 11 is 0. The average molecular weight is 254 g/mol. The minimum atomic E-state index is -0.383. The summed E-state index contributed by atoms with van der Waals surface area (Å²) in [7, 11) is 3.54. The van der Waals surface area contributed by atoms with E-state index < -0.39 is 0 Å². The molecule has 1 aromatic carbocycles. The van der Waals surface area contributed by atoms with Crippen LogP contribution in [0.2, 0.25) is 0 Å². The molecule has 0 saturated carbocycles. The standard InChI is InChI=1S/C12H15O4P/c1-3-7-6-9(12(13)14-2)11(16-17)8-4-5-15-10(7)8/h6H,3-5,17H2,1-2H3. The highest BCUT2D eigenvalue weighted by Crippen LogP contribution is 2.40. The summed E-state index contributed by atoms with van der Waals surface area (Å²) in [6, 6.07) is 1.79. The van der Waals surface area contributed by atoms with Gasteiger partial charge in [-0.1, -0.05) is 6.92 Å². The Labute approximate surface area is 103 Å². The van der Waals surface area contributed by atoms with Crippen LogP contribution in [0.25, 0.3) is 0 Å². The largest absolute Gasteiger partial charge is 0.493 e. The number of benzene rings is 1. The number of fused-ring (bicyclic) bond motifs is 1. The molecule has 0 radical (unpaired) electrons. The van der Waals surface area contributed by atoms with Crippen molar-refractivity contribution >= 4 is 15.4 Å². The van der Waals surface area contributed by atoms with Crippen LogP contribution in [0.5, 0.6) is 11.5 Å². The van der Waals surface area contributed by atoms with Crippen molar-refractivity contribution < 1.29 is 18.8 Å². The first-order chi connectivity index (χ1) is 8.22. The summed E-state index contributed by atoms with van der Waals surface area (Å²) in [5, 5.41) is 0. The van der Waals surface area contributed by atoms with Crippen molar-refractivity contribution in [1.82, 2.24) is 0 Å². The molecular weight excluding hydrogens is 239 g/mol. The fourth-order valence-corrected chi connectivity index (χ4v) is 2.35. The fourth-order valence-electron chi connectivity index (χ4n) is 2.09. The molecule has 0 amide bonds. The SMILES string of the molecule is CCc1cc(C(=O)OC)c(OP)c2c1OCC2. The van der Waals surface area contributed by atoms with E-state index in [4.69, 9.17) is 14.0 Å². The third-order valence-corrected chi connectivity index (χ3v) is 3.14. The summed E-state index contributed by atoms with van der Waals surface area (Å²) < 4.78 is 15.6. The van der Waals surface area contributed by atoms with E-state index in [1.54, 1.807) is 6.07 Å². The van der Waals surface area contributed by atoms with Gasteiger partial charge in [-0.25, -0.2) is 4.79 Å². The Morgan fingerprint density at radius 2 is 2.35 bits per heavy atom. The summed E-state index contributed by atoms with van der Waals surface area (Å²) in [4.78, 5) is 11.7. The number of carbonyl (C=O) groups excluding carboxylic acids is 1. The zero-order valence-electron chi connectivity index (χ0n) is 9.91. The molecule has 0 N–H and O–H groups in total. The summed E-state index contributed by atoms with van der Waals surface area (Å²) in [5.41, 5.74) is 2.44. The third kappa shape index (κ3) is 1.98. The highest BCUT2D eigenvalue weighted by molar-refractivity contribution is 7.10. The second kappa shape index (κ2) is 4.92. The van der Waals surface area contributed by atoms with E-state index in [1.165, 1.54) is 7.11 Å². The molecule has 1 heterocycles. The Balaban J connectivity index is 2.63. The van der Waals surface area contributed by atoms with Crippen LogP contribution in [0.1, 0.15) is 28.4 Å². The molecule has 4 nitrogen and oxygen atoms in total. The van der Waals surface area contributed by atoms with Gasteiger partial charge < -0.3 is 14.0 Å². The fraction of sp³-hybridized carbons (Fsp3) is 0.417. The Bertz CT molecular complexity index is 456. The maximum atomic E-state index is 11.7. The molecule has 0 saturated heterocycles. The van der Waals surface area contributed by atoms with Gasteiger partial charge in [0.15, 0.2) is 0 Å². The van der Waals surface area contributed by atoms with Gasteiger partial charge in [0, 0.05) is 12.0 Å². The van der Waals surface area contributed by atoms with Crippen molar-refractivity contribution in [3.63, 3.8) is 0 Å². The molecule has 1 unspecified atom stereocenters. The lowest BCUT2D eigenvalue weighted by Gasteiger charge is -2.13. The lowest BCUT2D eigenvalue weighted by Crippen LogP contribution is -2.06. The molecule has 2 rings (SSSR count). The molecule has 0 fully saturated rings. The molecular formula is C12H15O4P. The molecule has 17 heavy (non-hydrogen) atoms. The van der Waals surface area contributed by atoms with Crippen molar-refractivity contribution in [2.24, 2.45) is 0 Å². The number of hydrogen-bond donors (Lipinski definition) is 0. The second-order valence-corrected chi connectivity index (χ2v) is 4.02. The number of esters is 1. The molecule has 0 bridgehead atoms. The average Bonchev–Trinajstić information content (AvgIpc) is 2.84. The van der Waals surface area contributed by atoms with Crippen LogP contribution >= 0.6 is 9.47 Å². The predicted molar refractivity (Wildman–Crippen MR) is 66.7 cm³/mol. The predicted octanol–water partition coefficient (Wildman–Crippen LogP) is 2.14. The highest BCUT2D eigenvalue weighted by Gasteiger charge is 2.26. The molecule has 0 aliphatic carbocycles. The topological polar surface area (TPSA) is 44.8 Å². The van der Waals surface area contributed by atoms with Gasteiger partial charge in [0.25, 0.3) is 0 Å². The number of rotatable bonds is 3. The molecule has 0 spiro atoms. The van der Waals surface area contributed by atoms with Crippen LogP contribution in [0.15, 0.2) is 6.07 Å². The Morgan fingerprint density at radius 1 is 1.59 bits per heavy atom. The lowest BCUT2D eigenvalue weighted by molar-refractivity contribution is 0.0598. The molecule has 1 aromatic rings. The van der Waals surface area contributed by atoms with Gasteiger partial charge >= 0.3 is 5.97 Å². The molecule has 92 valence electrons. The van der Waals surface area contributed by atoms with Gasteiger partial charge in [-0.15, -0.1) is 0 Å². The minimum absolute atomic E-state index is 0.383. The normalized spacial score (nSPS) is 12.9. The molecule has 1 atom stereocenters. The van der Waals surface area contributed by atoms with Crippen molar-refractivity contribution in [1.29, 1.82) is 0 Å². The summed E-state index contributed by atoms with van der Waals surface area (Å²) in [6.07, 6.45) is 1.57. The van der Waals surface area contributed by atoms with Crippen molar-refractivity contribution in [2.75, 3.05) is 13.7 Å². The quantitative estimate of drug-likeness (QED) is 0.612. The van der Waals surface area contributed by atoms with Gasteiger partial charge in [0.2, 0.25) is 0 Å². The van der Waals surface area contributed by atoms with Gasteiger partial charge in [0.1, 0.15) is 17.1 Å². The van der Waals surface area contributed by atoms with E-state index in [0.29, 0.717) is 17.9 Å². The number of hydrogen-bond acceptors (Lipinski definition) is 4. The van der Waals surface area contributed by atoms with Crippen LogP contribution in [0.4, 0.5) is 0 Å². The zero-order chi connectivity index (χ0) is 12.4. The van der Waals surface area contributed by atoms with E-state index in [9.17, 15) is 4.79 Å². The van der Waals surface area contributed by atoms with Gasteiger partial charge in [-0.05, 0) is 18.1 Å². The smallest absolute Gasteiger partial charge is 0.341 e. The minimum Gasteiger partial charge on any atom is -0.493 e. The Kier molecular flexibility index (Phi) is 3.53. The molecule has 0 aromatic heterocycles. The Hall–Kier alpha value is -1.28. The van der Waals surface area contributed by atoms with E-state index >= 15 is 0 Å². The Morgan fingerprint density at radius 3 is 2.94 bits per heavy atom. The van der Waals surface area contributed by atoms with Gasteiger partial charge in [-0.3, -0.25) is 0 Å². The monoisotopic (exact) mass is 254 g/mol. The van der Waals surface area contributed by atoms with Crippen molar-refractivity contribution in [2.45, 2.75) is 19.8 Å². The van der Waals surface area contributed by atoms with Crippen LogP contribution < -0.4 is 9.26 Å². The first-order valence-corrected chi connectivity index (χ1v) is 5.96. The van der Waals surface area contributed by atoms with Crippen LogP contribution in [-0.2, 0) is 17.6 Å². The number of aryl methyl sites for hydroxylation is 1. The first-order valence-electron chi connectivity index (χ1n) is 5.49. The first kappa shape index (κ1) is 12.2. The number of carbonyl (C=O) groups is 1. The molecule has 5 heteroatoms. The molecule has 1 aliphatic heterocycles. The van der Waals surface area contributed by atoms with Gasteiger partial charge in [-0.2, -0.15) is 0 Å². The van der Waals surface area contributed by atoms with Gasteiger partial charge in [0.05, 0.1) is 23.2 Å². The summed E-state index contributed by atoms with van der Waals surface area (Å²) in [5.74, 6) is 1.02. The summed E-state index contributed by atoms with van der Waals surface area (Å²) in [6.45, 7) is 2.66. The van der Waals surface area contributed by atoms with Crippen LogP contribution in [0, 0.1) is 0 Å². The maximum absolute atomic E-state index is 11.7. The maximum Gasteiger partial charge on any atom is 0.341 e. The third-order valence-electron chi connectivity index (χ3n) is 2.91. The number of ether oxygens (including phenoxy) is 2. The van der Waals surface area contributed by atoms with Crippen LogP contribution in [-0.4, -0.2) is 19.7 Å². The van der Waals surface area contributed by atoms with E-state index in [0.717, 1.165) is 29.7 Å².